The quantitative estimate of drug-likeness (QED) is 0.867. The van der Waals surface area contributed by atoms with Crippen LogP contribution in [-0.2, 0) is 0 Å². The molecule has 0 amide bonds. The van der Waals surface area contributed by atoms with E-state index in [1.165, 1.54) is 18.2 Å². The number of hydrogen-bond donors (Lipinski definition) is 1. The minimum Gasteiger partial charge on any atom is -0.405 e. The van der Waals surface area contributed by atoms with Crippen molar-refractivity contribution >= 4 is 0 Å². The van der Waals surface area contributed by atoms with E-state index >= 15 is 0 Å². The molecule has 0 heterocycles. The van der Waals surface area contributed by atoms with Crippen LogP contribution in [0.4, 0.5) is 13.2 Å². The number of aliphatic hydroxyl groups is 1. The minimum absolute atomic E-state index is 0.176. The van der Waals surface area contributed by atoms with Gasteiger partial charge in [-0.15, -0.1) is 13.2 Å². The Morgan fingerprint density at radius 3 is 2.44 bits per heavy atom. The fourth-order valence-corrected chi connectivity index (χ4v) is 1.65. The standard InChI is InChI=1S/C13H17F3O2/c1-3-9(2)8-11(17)10-6-4-5-7-12(10)18-13(14,15)16/h4-7,9,11,17H,3,8H2,1-2H3. The molecule has 1 N–H and O–H groups in total. The molecule has 0 radical (unpaired) electrons. The zero-order chi connectivity index (χ0) is 13.8. The third kappa shape index (κ3) is 4.56. The van der Waals surface area contributed by atoms with E-state index in [-0.39, 0.29) is 17.2 Å². The highest BCUT2D eigenvalue weighted by Crippen LogP contribution is 2.33. The molecule has 0 saturated carbocycles. The molecule has 0 bridgehead atoms. The summed E-state index contributed by atoms with van der Waals surface area (Å²) in [6.07, 6.45) is -4.42. The van der Waals surface area contributed by atoms with Gasteiger partial charge in [0.15, 0.2) is 0 Å². The van der Waals surface area contributed by atoms with E-state index in [0.717, 1.165) is 6.42 Å². The molecular weight excluding hydrogens is 245 g/mol. The lowest BCUT2D eigenvalue weighted by Crippen LogP contribution is -2.19. The van der Waals surface area contributed by atoms with E-state index in [2.05, 4.69) is 4.74 Å². The van der Waals surface area contributed by atoms with E-state index in [1.54, 1.807) is 6.07 Å². The highest BCUT2D eigenvalue weighted by Gasteiger charge is 2.32. The lowest BCUT2D eigenvalue weighted by Gasteiger charge is -2.19. The molecule has 0 spiro atoms. The van der Waals surface area contributed by atoms with Crippen molar-refractivity contribution in [3.05, 3.63) is 29.8 Å². The predicted molar refractivity (Wildman–Crippen MR) is 62.2 cm³/mol. The number of benzene rings is 1. The van der Waals surface area contributed by atoms with Gasteiger partial charge in [0.05, 0.1) is 6.10 Å². The Bertz CT molecular complexity index is 377. The summed E-state index contributed by atoms with van der Waals surface area (Å²) in [5.74, 6) is -0.0975. The molecule has 0 aromatic heterocycles. The average molecular weight is 262 g/mol. The Kier molecular flexibility index (Phi) is 5.02. The predicted octanol–water partition coefficient (Wildman–Crippen LogP) is 4.05. The summed E-state index contributed by atoms with van der Waals surface area (Å²) >= 11 is 0. The van der Waals surface area contributed by atoms with Crippen molar-refractivity contribution in [1.82, 2.24) is 0 Å². The van der Waals surface area contributed by atoms with Crippen LogP contribution in [0, 0.1) is 5.92 Å². The van der Waals surface area contributed by atoms with Crippen LogP contribution in [0.5, 0.6) is 5.75 Å². The Balaban J connectivity index is 2.87. The van der Waals surface area contributed by atoms with E-state index in [1.807, 2.05) is 13.8 Å². The third-order valence-corrected chi connectivity index (χ3v) is 2.83. The van der Waals surface area contributed by atoms with Gasteiger partial charge in [-0.1, -0.05) is 38.5 Å². The Hall–Kier alpha value is -1.23. The molecule has 1 rings (SSSR count). The highest BCUT2D eigenvalue weighted by molar-refractivity contribution is 5.35. The lowest BCUT2D eigenvalue weighted by atomic mass is 9.96. The van der Waals surface area contributed by atoms with Gasteiger partial charge in [-0.2, -0.15) is 0 Å². The summed E-state index contributed by atoms with van der Waals surface area (Å²) < 4.78 is 40.5. The molecule has 1 aromatic rings. The van der Waals surface area contributed by atoms with Gasteiger partial charge in [0, 0.05) is 5.56 Å². The number of para-hydroxylation sites is 1. The maximum atomic E-state index is 12.2. The van der Waals surface area contributed by atoms with Crippen LogP contribution < -0.4 is 4.74 Å². The number of hydrogen-bond acceptors (Lipinski definition) is 2. The monoisotopic (exact) mass is 262 g/mol. The molecule has 0 aliphatic heterocycles. The topological polar surface area (TPSA) is 29.5 Å². The molecule has 0 aliphatic rings. The van der Waals surface area contributed by atoms with Crippen LogP contribution in [0.1, 0.15) is 38.4 Å². The molecule has 0 aliphatic carbocycles. The van der Waals surface area contributed by atoms with Crippen LogP contribution >= 0.6 is 0 Å². The fraction of sp³-hybridized carbons (Fsp3) is 0.538. The van der Waals surface area contributed by atoms with E-state index in [4.69, 9.17) is 0 Å². The highest BCUT2D eigenvalue weighted by atomic mass is 19.4. The van der Waals surface area contributed by atoms with Gasteiger partial charge < -0.3 is 9.84 Å². The summed E-state index contributed by atoms with van der Waals surface area (Å²) in [5.41, 5.74) is 0.176. The molecule has 18 heavy (non-hydrogen) atoms. The molecule has 0 fully saturated rings. The third-order valence-electron chi connectivity index (χ3n) is 2.83. The van der Waals surface area contributed by atoms with Crippen molar-refractivity contribution in [2.45, 2.75) is 39.2 Å². The van der Waals surface area contributed by atoms with Crippen LogP contribution in [0.3, 0.4) is 0 Å². The van der Waals surface area contributed by atoms with Crippen molar-refractivity contribution in [2.24, 2.45) is 5.92 Å². The van der Waals surface area contributed by atoms with Gasteiger partial charge >= 0.3 is 6.36 Å². The zero-order valence-corrected chi connectivity index (χ0v) is 10.4. The van der Waals surface area contributed by atoms with Crippen LogP contribution in [0.2, 0.25) is 0 Å². The smallest absolute Gasteiger partial charge is 0.405 e. The summed E-state index contributed by atoms with van der Waals surface area (Å²) in [6, 6.07) is 5.69. The molecule has 5 heteroatoms. The first-order chi connectivity index (χ1) is 8.33. The minimum atomic E-state index is -4.74. The largest absolute Gasteiger partial charge is 0.573 e. The summed E-state index contributed by atoms with van der Waals surface area (Å²) in [7, 11) is 0. The Labute approximate surface area is 104 Å². The summed E-state index contributed by atoms with van der Waals surface area (Å²) in [6.45, 7) is 3.91. The number of rotatable bonds is 5. The molecule has 2 nitrogen and oxygen atoms in total. The van der Waals surface area contributed by atoms with E-state index in [0.29, 0.717) is 6.42 Å². The van der Waals surface area contributed by atoms with Gasteiger partial charge in [0.25, 0.3) is 0 Å². The maximum Gasteiger partial charge on any atom is 0.573 e. The SMILES string of the molecule is CCC(C)CC(O)c1ccccc1OC(F)(F)F. The van der Waals surface area contributed by atoms with Gasteiger partial charge in [0.2, 0.25) is 0 Å². The van der Waals surface area contributed by atoms with Crippen molar-refractivity contribution in [3.63, 3.8) is 0 Å². The maximum absolute atomic E-state index is 12.2. The molecule has 2 atom stereocenters. The molecule has 2 unspecified atom stereocenters. The fourth-order valence-electron chi connectivity index (χ4n) is 1.65. The second-order valence-electron chi connectivity index (χ2n) is 4.35. The first-order valence-corrected chi connectivity index (χ1v) is 5.86. The normalized spacial score (nSPS) is 15.2. The Morgan fingerprint density at radius 1 is 1.28 bits per heavy atom. The molecule has 1 aromatic carbocycles. The number of aliphatic hydroxyl groups excluding tert-OH is 1. The molecular formula is C13H17F3O2. The molecule has 0 saturated heterocycles. The number of alkyl halides is 3. The van der Waals surface area contributed by atoms with Crippen molar-refractivity contribution in [1.29, 1.82) is 0 Å². The average Bonchev–Trinajstić information content (AvgIpc) is 2.27. The van der Waals surface area contributed by atoms with Gasteiger partial charge in [0.1, 0.15) is 5.75 Å². The van der Waals surface area contributed by atoms with Crippen molar-refractivity contribution < 1.29 is 23.0 Å². The van der Waals surface area contributed by atoms with Gasteiger partial charge in [-0.25, -0.2) is 0 Å². The zero-order valence-electron chi connectivity index (χ0n) is 10.4. The van der Waals surface area contributed by atoms with Crippen molar-refractivity contribution in [3.8, 4) is 5.75 Å². The van der Waals surface area contributed by atoms with Gasteiger partial charge in [-0.3, -0.25) is 0 Å². The first kappa shape index (κ1) is 14.8. The van der Waals surface area contributed by atoms with E-state index < -0.39 is 12.5 Å². The van der Waals surface area contributed by atoms with Gasteiger partial charge in [-0.05, 0) is 18.4 Å². The Morgan fingerprint density at radius 2 is 1.89 bits per heavy atom. The number of ether oxygens (including phenoxy) is 1. The van der Waals surface area contributed by atoms with Crippen LogP contribution in [-0.4, -0.2) is 11.5 Å². The van der Waals surface area contributed by atoms with Crippen LogP contribution in [0.25, 0.3) is 0 Å². The summed E-state index contributed by atoms with van der Waals surface area (Å²) in [5, 5.41) is 9.95. The number of halogens is 3. The van der Waals surface area contributed by atoms with Crippen molar-refractivity contribution in [2.75, 3.05) is 0 Å². The second-order valence-corrected chi connectivity index (χ2v) is 4.35. The van der Waals surface area contributed by atoms with E-state index in [9.17, 15) is 18.3 Å². The van der Waals surface area contributed by atoms with Crippen LogP contribution in [0.15, 0.2) is 24.3 Å². The summed E-state index contributed by atoms with van der Waals surface area (Å²) in [4.78, 5) is 0. The molecule has 102 valence electrons. The first-order valence-electron chi connectivity index (χ1n) is 5.86. The lowest BCUT2D eigenvalue weighted by molar-refractivity contribution is -0.275. The second kappa shape index (κ2) is 6.09.